The largest absolute Gasteiger partial charge is 0.445 e. The highest BCUT2D eigenvalue weighted by molar-refractivity contribution is 6.00. The number of piperidine rings is 1. The Morgan fingerprint density at radius 2 is 1.71 bits per heavy atom. The zero-order valence-electron chi connectivity index (χ0n) is 24.9. The lowest BCUT2D eigenvalue weighted by Gasteiger charge is -2.51. The third-order valence-corrected chi connectivity index (χ3v) is 8.17. The van der Waals surface area contributed by atoms with Gasteiger partial charge in [0.1, 0.15) is 18.2 Å². The van der Waals surface area contributed by atoms with Crippen molar-refractivity contribution in [2.45, 2.75) is 63.6 Å². The lowest BCUT2D eigenvalue weighted by molar-refractivity contribution is -0.161. The average molecular weight is 578 g/mol. The van der Waals surface area contributed by atoms with Gasteiger partial charge in [-0.05, 0) is 68.4 Å². The lowest BCUT2D eigenvalue weighted by Crippen LogP contribution is -2.73. The van der Waals surface area contributed by atoms with E-state index in [1.165, 1.54) is 0 Å². The normalized spacial score (nSPS) is 18.0. The smallest absolute Gasteiger partial charge is 0.407 e. The van der Waals surface area contributed by atoms with Crippen molar-refractivity contribution in [3.05, 3.63) is 65.7 Å². The Kier molecular flexibility index (Phi) is 10.4. The Morgan fingerprint density at radius 1 is 1.02 bits per heavy atom. The molecule has 0 unspecified atom stereocenters. The lowest BCUT2D eigenvalue weighted by atomic mass is 9.81. The Morgan fingerprint density at radius 3 is 2.36 bits per heavy atom. The van der Waals surface area contributed by atoms with Gasteiger partial charge in [0.05, 0.1) is 0 Å². The average Bonchev–Trinajstić information content (AvgIpc) is 3.01. The van der Waals surface area contributed by atoms with Crippen LogP contribution < -0.4 is 15.5 Å². The molecule has 2 aromatic carbocycles. The van der Waals surface area contributed by atoms with Gasteiger partial charge in [0.15, 0.2) is 0 Å². The fourth-order valence-electron chi connectivity index (χ4n) is 5.72. The number of nitrogens with one attached hydrogen (secondary N) is 2. The van der Waals surface area contributed by atoms with E-state index in [1.807, 2.05) is 80.5 Å². The zero-order valence-corrected chi connectivity index (χ0v) is 24.9. The molecule has 2 heterocycles. The summed E-state index contributed by atoms with van der Waals surface area (Å²) in [6.07, 6.45) is 2.90. The maximum absolute atomic E-state index is 13.6. The van der Waals surface area contributed by atoms with Gasteiger partial charge in [-0.15, -0.1) is 0 Å². The van der Waals surface area contributed by atoms with Crippen molar-refractivity contribution >= 4 is 29.5 Å². The van der Waals surface area contributed by atoms with Gasteiger partial charge in [-0.3, -0.25) is 14.4 Å². The minimum absolute atomic E-state index is 0.0600. The molecule has 4 amide bonds. The summed E-state index contributed by atoms with van der Waals surface area (Å²) in [5.41, 5.74) is 1.62. The third kappa shape index (κ3) is 7.21. The summed E-state index contributed by atoms with van der Waals surface area (Å²) in [5.74, 6) is -0.258. The number of unbranched alkanes of at least 4 members (excludes halogenated alkanes) is 1. The third-order valence-electron chi connectivity index (χ3n) is 8.17. The summed E-state index contributed by atoms with van der Waals surface area (Å²) in [6.45, 7) is 3.95. The Balaban J connectivity index is 1.26. The van der Waals surface area contributed by atoms with Gasteiger partial charge < -0.3 is 30.1 Å². The highest BCUT2D eigenvalue weighted by atomic mass is 16.5. The van der Waals surface area contributed by atoms with Gasteiger partial charge in [0.2, 0.25) is 11.8 Å². The molecule has 2 aliphatic rings. The number of hydrogen-bond donors (Lipinski definition) is 2. The molecule has 226 valence electrons. The van der Waals surface area contributed by atoms with Crippen LogP contribution in [0.15, 0.2) is 54.6 Å². The van der Waals surface area contributed by atoms with E-state index in [2.05, 4.69) is 10.6 Å². The molecule has 4 rings (SSSR count). The first-order valence-corrected chi connectivity index (χ1v) is 14.9. The van der Waals surface area contributed by atoms with Crippen LogP contribution in [0.1, 0.15) is 61.4 Å². The van der Waals surface area contributed by atoms with E-state index in [9.17, 15) is 19.2 Å². The van der Waals surface area contributed by atoms with Crippen molar-refractivity contribution in [3.63, 3.8) is 0 Å². The summed E-state index contributed by atoms with van der Waals surface area (Å²) in [5, 5.41) is 5.74. The topological polar surface area (TPSA) is 111 Å². The molecular formula is C32H43N5O5. The number of hydrogen-bond acceptors (Lipinski definition) is 6. The zero-order chi connectivity index (χ0) is 30.1. The van der Waals surface area contributed by atoms with Crippen LogP contribution in [0.3, 0.4) is 0 Å². The standard InChI is InChI=1S/C32H43N5O5/c1-4-20-37-29(39)27(12-8-9-19-33-31(41)42-23-24-10-6-5-7-11-24)34-30(40)32(37)17-21-36(22-18-32)28(38)25-13-15-26(16-14-25)35(2)3/h5-7,10-11,13-16,27H,4,8-9,12,17-23H2,1-3H3,(H,33,41)(H,34,40)/t27-/m0/s1. The van der Waals surface area contributed by atoms with E-state index in [1.54, 1.807) is 9.80 Å². The number of likely N-dealkylation sites (tertiary alicyclic amines) is 1. The molecule has 10 nitrogen and oxygen atoms in total. The first kappa shape index (κ1) is 30.9. The van der Waals surface area contributed by atoms with Crippen LogP contribution in [0.2, 0.25) is 0 Å². The minimum Gasteiger partial charge on any atom is -0.445 e. The van der Waals surface area contributed by atoms with E-state index in [0.29, 0.717) is 63.8 Å². The predicted molar refractivity (Wildman–Crippen MR) is 161 cm³/mol. The van der Waals surface area contributed by atoms with Crippen LogP contribution in [0.5, 0.6) is 0 Å². The van der Waals surface area contributed by atoms with Crippen LogP contribution in [0.25, 0.3) is 0 Å². The fourth-order valence-corrected chi connectivity index (χ4v) is 5.72. The van der Waals surface area contributed by atoms with Crippen molar-refractivity contribution < 1.29 is 23.9 Å². The highest BCUT2D eigenvalue weighted by Crippen LogP contribution is 2.34. The second kappa shape index (κ2) is 14.2. The molecule has 42 heavy (non-hydrogen) atoms. The molecule has 2 saturated heterocycles. The number of alkyl carbamates (subject to hydrolysis) is 1. The summed E-state index contributed by atoms with van der Waals surface area (Å²) in [7, 11) is 3.90. The first-order chi connectivity index (χ1) is 20.2. The van der Waals surface area contributed by atoms with Crippen LogP contribution in [-0.2, 0) is 20.9 Å². The molecule has 2 fully saturated rings. The van der Waals surface area contributed by atoms with Crippen LogP contribution >= 0.6 is 0 Å². The number of benzene rings is 2. The Bertz CT molecular complexity index is 1230. The van der Waals surface area contributed by atoms with Gasteiger partial charge in [-0.1, -0.05) is 37.3 Å². The maximum Gasteiger partial charge on any atom is 0.407 e. The molecule has 1 spiro atoms. The molecule has 2 aliphatic heterocycles. The SMILES string of the molecule is CCCN1C(=O)[C@H](CCCCNC(=O)OCc2ccccc2)NC(=O)C12CCN(C(=O)c1ccc(N(C)C)cc1)CC2. The van der Waals surface area contributed by atoms with E-state index in [-0.39, 0.29) is 24.3 Å². The molecular weight excluding hydrogens is 534 g/mol. The van der Waals surface area contributed by atoms with Crippen molar-refractivity contribution in [2.75, 3.05) is 45.2 Å². The van der Waals surface area contributed by atoms with Crippen molar-refractivity contribution in [3.8, 4) is 0 Å². The minimum atomic E-state index is -0.931. The van der Waals surface area contributed by atoms with E-state index in [0.717, 1.165) is 17.7 Å². The Labute approximate surface area is 248 Å². The van der Waals surface area contributed by atoms with Gasteiger partial charge in [0, 0.05) is 51.5 Å². The van der Waals surface area contributed by atoms with Gasteiger partial charge in [-0.25, -0.2) is 4.79 Å². The summed E-state index contributed by atoms with van der Waals surface area (Å²) in [4.78, 5) is 57.8. The predicted octanol–water partition coefficient (Wildman–Crippen LogP) is 3.56. The van der Waals surface area contributed by atoms with E-state index >= 15 is 0 Å². The van der Waals surface area contributed by atoms with Crippen LogP contribution in [-0.4, -0.2) is 85.5 Å². The number of amides is 4. The van der Waals surface area contributed by atoms with E-state index < -0.39 is 17.7 Å². The number of carbonyl (C=O) groups is 4. The Hall–Kier alpha value is -4.08. The monoisotopic (exact) mass is 577 g/mol. The van der Waals surface area contributed by atoms with Crippen LogP contribution in [0, 0.1) is 0 Å². The number of piperazine rings is 1. The fraction of sp³-hybridized carbons (Fsp3) is 0.500. The van der Waals surface area contributed by atoms with Gasteiger partial charge in [-0.2, -0.15) is 0 Å². The maximum atomic E-state index is 13.6. The van der Waals surface area contributed by atoms with E-state index in [4.69, 9.17) is 4.74 Å². The summed E-state index contributed by atoms with van der Waals surface area (Å²) in [6, 6.07) is 16.4. The second-order valence-electron chi connectivity index (χ2n) is 11.3. The first-order valence-electron chi connectivity index (χ1n) is 14.9. The number of ether oxygens (including phenoxy) is 1. The van der Waals surface area contributed by atoms with Crippen molar-refractivity contribution in [1.82, 2.24) is 20.4 Å². The van der Waals surface area contributed by atoms with Crippen LogP contribution in [0.4, 0.5) is 10.5 Å². The molecule has 0 aliphatic carbocycles. The number of rotatable bonds is 11. The number of nitrogens with zero attached hydrogens (tertiary/aromatic N) is 3. The molecule has 10 heteroatoms. The molecule has 2 aromatic rings. The summed E-state index contributed by atoms with van der Waals surface area (Å²) >= 11 is 0. The molecule has 2 N–H and O–H groups in total. The van der Waals surface area contributed by atoms with Crippen molar-refractivity contribution in [1.29, 1.82) is 0 Å². The molecule has 1 atom stereocenters. The van der Waals surface area contributed by atoms with Gasteiger partial charge >= 0.3 is 6.09 Å². The quantitative estimate of drug-likeness (QED) is 0.395. The number of anilines is 1. The summed E-state index contributed by atoms with van der Waals surface area (Å²) < 4.78 is 5.23. The molecule has 0 aromatic heterocycles. The number of carbonyl (C=O) groups excluding carboxylic acids is 4. The van der Waals surface area contributed by atoms with Gasteiger partial charge in [0.25, 0.3) is 5.91 Å². The second-order valence-corrected chi connectivity index (χ2v) is 11.3. The molecule has 0 bridgehead atoms. The molecule has 0 radical (unpaired) electrons. The van der Waals surface area contributed by atoms with Crippen molar-refractivity contribution in [2.24, 2.45) is 0 Å². The molecule has 0 saturated carbocycles. The highest BCUT2D eigenvalue weighted by Gasteiger charge is 2.53.